The second-order valence-electron chi connectivity index (χ2n) is 2.44. The van der Waals surface area contributed by atoms with Crippen LogP contribution in [0.2, 0.25) is 0 Å². The molecule has 1 heterocycles. The molecule has 0 fully saturated rings. The minimum absolute atomic E-state index is 0.0162. The number of rotatable bonds is 0. The fourth-order valence-corrected chi connectivity index (χ4v) is 1.87. The molecule has 0 saturated carbocycles. The van der Waals surface area contributed by atoms with Gasteiger partial charge in [0.1, 0.15) is 5.75 Å². The first-order valence-electron chi connectivity index (χ1n) is 3.33. The number of ether oxygens (including phenoxy) is 1. The van der Waals surface area contributed by atoms with Gasteiger partial charge in [0, 0.05) is 4.47 Å². The van der Waals surface area contributed by atoms with Gasteiger partial charge in [0.2, 0.25) is 10.8 Å². The highest BCUT2D eigenvalue weighted by Gasteiger charge is 2.29. The van der Waals surface area contributed by atoms with Crippen molar-refractivity contribution in [2.24, 2.45) is 0 Å². The molecule has 0 radical (unpaired) electrons. The van der Waals surface area contributed by atoms with Crippen molar-refractivity contribution in [2.75, 3.05) is 0 Å². The number of ketones is 1. The van der Waals surface area contributed by atoms with Crippen LogP contribution in [0.25, 0.3) is 0 Å². The monoisotopic (exact) mass is 290 g/mol. The van der Waals surface area contributed by atoms with Gasteiger partial charge in [-0.05, 0) is 34.1 Å². The standard InChI is InChI=1S/C8H4Br2O2/c9-4-1-2-5-6(3-4)12-8(10)7(5)11/h1-3,8H/t8-/m1/s1. The average molecular weight is 292 g/mol. The summed E-state index contributed by atoms with van der Waals surface area (Å²) in [6, 6.07) is 5.36. The lowest BCUT2D eigenvalue weighted by Crippen LogP contribution is -2.10. The largest absolute Gasteiger partial charge is 0.470 e. The number of Topliss-reactive ketones (excluding diaryl/α,β-unsaturated/α-hetero) is 1. The molecule has 0 N–H and O–H groups in total. The number of alkyl halides is 1. The second-order valence-corrected chi connectivity index (χ2v) is 4.19. The predicted octanol–water partition coefficient (Wildman–Crippen LogP) is 2.75. The van der Waals surface area contributed by atoms with Gasteiger partial charge in [0.25, 0.3) is 0 Å². The molecule has 2 rings (SSSR count). The van der Waals surface area contributed by atoms with Crippen molar-refractivity contribution in [3.8, 4) is 5.75 Å². The number of hydrogen-bond donors (Lipinski definition) is 0. The van der Waals surface area contributed by atoms with Crippen LogP contribution >= 0.6 is 31.9 Å². The fraction of sp³-hybridized carbons (Fsp3) is 0.125. The summed E-state index contributed by atoms with van der Waals surface area (Å²) in [5.41, 5.74) is 0.639. The number of fused-ring (bicyclic) bond motifs is 1. The molecule has 0 amide bonds. The zero-order chi connectivity index (χ0) is 8.72. The lowest BCUT2D eigenvalue weighted by molar-refractivity contribution is 0.0942. The third-order valence-corrected chi connectivity index (χ3v) is 2.74. The van der Waals surface area contributed by atoms with Gasteiger partial charge in [0.05, 0.1) is 5.56 Å². The second kappa shape index (κ2) is 2.85. The Hall–Kier alpha value is -0.350. The highest BCUT2D eigenvalue weighted by Crippen LogP contribution is 2.33. The normalized spacial score (nSPS) is 20.5. The molecule has 0 saturated heterocycles. The van der Waals surface area contributed by atoms with Crippen LogP contribution in [0.1, 0.15) is 10.4 Å². The van der Waals surface area contributed by atoms with Crippen molar-refractivity contribution in [3.05, 3.63) is 28.2 Å². The van der Waals surface area contributed by atoms with Crippen LogP contribution in [0.5, 0.6) is 5.75 Å². The van der Waals surface area contributed by atoms with E-state index in [1.165, 1.54) is 0 Å². The van der Waals surface area contributed by atoms with Crippen molar-refractivity contribution in [3.63, 3.8) is 0 Å². The summed E-state index contributed by atoms with van der Waals surface area (Å²) in [4.78, 5) is 11.3. The van der Waals surface area contributed by atoms with Gasteiger partial charge in [-0.3, -0.25) is 4.79 Å². The number of carbonyl (C=O) groups is 1. The molecule has 62 valence electrons. The Bertz CT molecular complexity index is 349. The number of benzene rings is 1. The maximum atomic E-state index is 11.3. The molecule has 1 aromatic carbocycles. The molecule has 1 aliphatic rings. The minimum atomic E-state index is -0.512. The summed E-state index contributed by atoms with van der Waals surface area (Å²) in [5.74, 6) is 0.619. The first kappa shape index (κ1) is 8.26. The van der Waals surface area contributed by atoms with Gasteiger partial charge < -0.3 is 4.74 Å². The molecule has 0 aliphatic carbocycles. The maximum absolute atomic E-state index is 11.3. The van der Waals surface area contributed by atoms with E-state index in [0.29, 0.717) is 11.3 Å². The highest BCUT2D eigenvalue weighted by atomic mass is 79.9. The van der Waals surface area contributed by atoms with Crippen molar-refractivity contribution in [1.29, 1.82) is 0 Å². The SMILES string of the molecule is O=C1c2ccc(Br)cc2O[C@H]1Br. The molecule has 1 aromatic rings. The van der Waals surface area contributed by atoms with Crippen LogP contribution in [0.15, 0.2) is 22.7 Å². The molecule has 0 bridgehead atoms. The summed E-state index contributed by atoms with van der Waals surface area (Å²) >= 11 is 6.42. The Kier molecular flexibility index (Phi) is 1.96. The molecule has 4 heteroatoms. The summed E-state index contributed by atoms with van der Waals surface area (Å²) in [6.07, 6.45) is 0. The summed E-state index contributed by atoms with van der Waals surface area (Å²) in [7, 11) is 0. The van der Waals surface area contributed by atoms with Crippen molar-refractivity contribution < 1.29 is 9.53 Å². The van der Waals surface area contributed by atoms with E-state index < -0.39 is 5.01 Å². The van der Waals surface area contributed by atoms with E-state index in [1.54, 1.807) is 12.1 Å². The summed E-state index contributed by atoms with van der Waals surface area (Å²) in [6.45, 7) is 0. The maximum Gasteiger partial charge on any atom is 0.218 e. The van der Waals surface area contributed by atoms with Crippen LogP contribution in [0, 0.1) is 0 Å². The summed E-state index contributed by atoms with van der Waals surface area (Å²) < 4.78 is 6.15. The highest BCUT2D eigenvalue weighted by molar-refractivity contribution is 9.10. The Morgan fingerprint density at radius 1 is 1.42 bits per heavy atom. The van der Waals surface area contributed by atoms with Crippen molar-refractivity contribution in [1.82, 2.24) is 0 Å². The first-order chi connectivity index (χ1) is 5.68. The molecule has 12 heavy (non-hydrogen) atoms. The van der Waals surface area contributed by atoms with E-state index in [-0.39, 0.29) is 5.78 Å². The lowest BCUT2D eigenvalue weighted by Gasteiger charge is -1.98. The van der Waals surface area contributed by atoms with Gasteiger partial charge in [-0.2, -0.15) is 0 Å². The van der Waals surface area contributed by atoms with Gasteiger partial charge in [0.15, 0.2) is 0 Å². The topological polar surface area (TPSA) is 26.3 Å². The zero-order valence-electron chi connectivity index (χ0n) is 5.88. The Balaban J connectivity index is 2.54. The van der Waals surface area contributed by atoms with Gasteiger partial charge in [-0.25, -0.2) is 0 Å². The number of halogens is 2. The zero-order valence-corrected chi connectivity index (χ0v) is 9.05. The molecular formula is C8H4Br2O2. The van der Waals surface area contributed by atoms with E-state index in [9.17, 15) is 4.79 Å². The Labute approximate surface area is 86.2 Å². The van der Waals surface area contributed by atoms with Crippen LogP contribution in [-0.4, -0.2) is 10.8 Å². The van der Waals surface area contributed by atoms with Crippen LogP contribution in [0.4, 0.5) is 0 Å². The third-order valence-electron chi connectivity index (χ3n) is 1.65. The molecule has 2 nitrogen and oxygen atoms in total. The number of hydrogen-bond acceptors (Lipinski definition) is 2. The molecule has 0 spiro atoms. The van der Waals surface area contributed by atoms with E-state index >= 15 is 0 Å². The summed E-state index contributed by atoms with van der Waals surface area (Å²) in [5, 5.41) is -0.512. The van der Waals surface area contributed by atoms with Crippen molar-refractivity contribution >= 4 is 37.6 Å². The average Bonchev–Trinajstić information content (AvgIpc) is 2.28. The predicted molar refractivity (Wildman–Crippen MR) is 51.8 cm³/mol. The molecule has 0 aromatic heterocycles. The Morgan fingerprint density at radius 2 is 2.17 bits per heavy atom. The molecular weight excluding hydrogens is 288 g/mol. The van der Waals surface area contributed by atoms with E-state index in [1.807, 2.05) is 6.07 Å². The van der Waals surface area contributed by atoms with Crippen LogP contribution in [0.3, 0.4) is 0 Å². The van der Waals surface area contributed by atoms with E-state index in [0.717, 1.165) is 4.47 Å². The Morgan fingerprint density at radius 3 is 2.92 bits per heavy atom. The molecule has 1 aliphatic heterocycles. The molecule has 1 atom stereocenters. The van der Waals surface area contributed by atoms with Gasteiger partial charge in [-0.1, -0.05) is 15.9 Å². The number of carbonyl (C=O) groups excluding carboxylic acids is 1. The van der Waals surface area contributed by atoms with E-state index in [2.05, 4.69) is 31.9 Å². The quantitative estimate of drug-likeness (QED) is 0.687. The smallest absolute Gasteiger partial charge is 0.218 e. The fourth-order valence-electron chi connectivity index (χ4n) is 1.08. The van der Waals surface area contributed by atoms with Crippen molar-refractivity contribution in [2.45, 2.75) is 5.01 Å². The van der Waals surface area contributed by atoms with Crippen LogP contribution in [-0.2, 0) is 0 Å². The van der Waals surface area contributed by atoms with Gasteiger partial charge >= 0.3 is 0 Å². The lowest BCUT2D eigenvalue weighted by atomic mass is 10.1. The van der Waals surface area contributed by atoms with Gasteiger partial charge in [-0.15, -0.1) is 0 Å². The van der Waals surface area contributed by atoms with E-state index in [4.69, 9.17) is 4.74 Å². The molecule has 0 unspecified atom stereocenters. The minimum Gasteiger partial charge on any atom is -0.470 e. The third kappa shape index (κ3) is 1.19. The van der Waals surface area contributed by atoms with Crippen LogP contribution < -0.4 is 4.74 Å². The first-order valence-corrected chi connectivity index (χ1v) is 5.04.